The second-order valence-corrected chi connectivity index (χ2v) is 10.6. The van der Waals surface area contributed by atoms with E-state index in [1.165, 1.54) is 0 Å². The smallest absolute Gasteiger partial charge is 0.228 e. The van der Waals surface area contributed by atoms with Gasteiger partial charge in [0.15, 0.2) is 0 Å². The molecule has 3 aromatic rings. The van der Waals surface area contributed by atoms with Crippen LogP contribution in [0, 0.1) is 0 Å². The SMILES string of the molecule is C\C(=C(Cl)/C=c1/c(N2CC3CCC(C2)N3)nc(N2CCNCC2)n/c1=C\F)c1cccc2ccccc12. The fourth-order valence-corrected chi connectivity index (χ4v) is 6.03. The molecule has 2 aromatic carbocycles. The molecule has 192 valence electrons. The maximum Gasteiger partial charge on any atom is 0.228 e. The number of nitrogens with zero attached hydrogens (tertiary/aromatic N) is 4. The summed E-state index contributed by atoms with van der Waals surface area (Å²) in [6, 6.07) is 15.3. The average molecular weight is 519 g/mol. The van der Waals surface area contributed by atoms with E-state index < -0.39 is 0 Å². The first kappa shape index (κ1) is 24.3. The van der Waals surface area contributed by atoms with Crippen LogP contribution in [-0.2, 0) is 0 Å². The summed E-state index contributed by atoms with van der Waals surface area (Å²) in [4.78, 5) is 14.1. The molecule has 3 saturated heterocycles. The Labute approximate surface area is 221 Å². The van der Waals surface area contributed by atoms with E-state index in [1.807, 2.05) is 31.2 Å². The Morgan fingerprint density at radius 3 is 2.49 bits per heavy atom. The molecule has 6 nitrogen and oxygen atoms in total. The zero-order chi connectivity index (χ0) is 25.4. The quantitative estimate of drug-likeness (QED) is 0.553. The van der Waals surface area contributed by atoms with Crippen LogP contribution < -0.4 is 31.0 Å². The number of hydrogen-bond donors (Lipinski definition) is 2. The van der Waals surface area contributed by atoms with Crippen molar-refractivity contribution in [2.24, 2.45) is 0 Å². The summed E-state index contributed by atoms with van der Waals surface area (Å²) in [5.74, 6) is 1.34. The molecule has 2 N–H and O–H groups in total. The van der Waals surface area contributed by atoms with Gasteiger partial charge in [0.2, 0.25) is 5.95 Å². The van der Waals surface area contributed by atoms with Gasteiger partial charge in [0.05, 0.1) is 0 Å². The number of piperazine rings is 2. The van der Waals surface area contributed by atoms with Crippen LogP contribution in [-0.4, -0.2) is 61.3 Å². The third-order valence-corrected chi connectivity index (χ3v) is 8.18. The third kappa shape index (κ3) is 4.83. The summed E-state index contributed by atoms with van der Waals surface area (Å²) in [5.41, 5.74) is 1.99. The van der Waals surface area contributed by atoms with Crippen LogP contribution in [0.25, 0.3) is 28.8 Å². The summed E-state index contributed by atoms with van der Waals surface area (Å²) in [6.45, 7) is 6.99. The molecule has 8 heteroatoms. The molecule has 0 aliphatic carbocycles. The topological polar surface area (TPSA) is 56.3 Å². The van der Waals surface area contributed by atoms with Gasteiger partial charge in [-0.05, 0) is 47.8 Å². The van der Waals surface area contributed by atoms with Gasteiger partial charge in [0.1, 0.15) is 17.5 Å². The summed E-state index contributed by atoms with van der Waals surface area (Å²) in [6.07, 6.45) is 4.75. The molecule has 0 saturated carbocycles. The monoisotopic (exact) mass is 518 g/mol. The molecule has 2 bridgehead atoms. The van der Waals surface area contributed by atoms with Gasteiger partial charge in [0, 0.05) is 61.6 Å². The first-order valence-electron chi connectivity index (χ1n) is 13.1. The number of benzene rings is 2. The summed E-state index contributed by atoms with van der Waals surface area (Å²) in [5, 5.41) is 10.8. The maximum absolute atomic E-state index is 14.5. The van der Waals surface area contributed by atoms with Gasteiger partial charge in [-0.2, -0.15) is 4.98 Å². The molecule has 4 heterocycles. The first-order chi connectivity index (χ1) is 18.1. The van der Waals surface area contributed by atoms with Gasteiger partial charge in [-0.3, -0.25) is 0 Å². The molecule has 0 radical (unpaired) electrons. The van der Waals surface area contributed by atoms with Gasteiger partial charge in [0.25, 0.3) is 0 Å². The molecule has 3 aliphatic rings. The number of allylic oxidation sites excluding steroid dienone is 2. The highest BCUT2D eigenvalue weighted by Gasteiger charge is 2.33. The minimum Gasteiger partial charge on any atom is -0.353 e. The molecule has 2 unspecified atom stereocenters. The largest absolute Gasteiger partial charge is 0.353 e. The number of hydrogen-bond acceptors (Lipinski definition) is 6. The molecule has 2 atom stereocenters. The summed E-state index contributed by atoms with van der Waals surface area (Å²) in [7, 11) is 0. The number of nitrogens with one attached hydrogen (secondary N) is 2. The lowest BCUT2D eigenvalue weighted by Crippen LogP contribution is -2.54. The van der Waals surface area contributed by atoms with Crippen molar-refractivity contribution in [3.63, 3.8) is 0 Å². The number of rotatable bonds is 4. The molecule has 1 aromatic heterocycles. The number of anilines is 2. The van der Waals surface area contributed by atoms with E-state index >= 15 is 0 Å². The van der Waals surface area contributed by atoms with Crippen molar-refractivity contribution < 1.29 is 4.39 Å². The van der Waals surface area contributed by atoms with Crippen molar-refractivity contribution >= 4 is 52.1 Å². The third-order valence-electron chi connectivity index (χ3n) is 7.79. The van der Waals surface area contributed by atoms with E-state index in [-0.39, 0.29) is 5.35 Å². The fraction of sp³-hybridized carbons (Fsp3) is 0.379. The minimum atomic E-state index is 0.272. The zero-order valence-electron chi connectivity index (χ0n) is 21.1. The normalized spacial score (nSPS) is 23.6. The maximum atomic E-state index is 14.5. The second kappa shape index (κ2) is 10.4. The van der Waals surface area contributed by atoms with E-state index in [2.05, 4.69) is 49.7 Å². The Morgan fingerprint density at radius 1 is 1.00 bits per heavy atom. The average Bonchev–Trinajstić information content (AvgIpc) is 3.29. The van der Waals surface area contributed by atoms with Gasteiger partial charge in [-0.1, -0.05) is 54.1 Å². The molecule has 3 fully saturated rings. The Kier molecular flexibility index (Phi) is 6.84. The van der Waals surface area contributed by atoms with Crippen LogP contribution in [0.4, 0.5) is 16.2 Å². The Hall–Kier alpha value is -3.00. The lowest BCUT2D eigenvalue weighted by atomic mass is 9.99. The molecule has 6 rings (SSSR count). The van der Waals surface area contributed by atoms with Gasteiger partial charge in [-0.25, -0.2) is 9.37 Å². The van der Waals surface area contributed by atoms with Crippen LogP contribution >= 0.6 is 11.6 Å². The van der Waals surface area contributed by atoms with E-state index in [9.17, 15) is 4.39 Å². The van der Waals surface area contributed by atoms with Gasteiger partial charge < -0.3 is 20.4 Å². The number of fused-ring (bicyclic) bond motifs is 3. The van der Waals surface area contributed by atoms with Crippen molar-refractivity contribution in [2.45, 2.75) is 31.8 Å². The summed E-state index contributed by atoms with van der Waals surface area (Å²) >= 11 is 6.98. The molecule has 0 amide bonds. The first-order valence-corrected chi connectivity index (χ1v) is 13.5. The van der Waals surface area contributed by atoms with Crippen molar-refractivity contribution in [2.75, 3.05) is 49.1 Å². The summed E-state index contributed by atoms with van der Waals surface area (Å²) < 4.78 is 14.5. The Bertz CT molecular complexity index is 1450. The number of aromatic nitrogens is 2. The predicted molar refractivity (Wildman–Crippen MR) is 151 cm³/mol. The highest BCUT2D eigenvalue weighted by atomic mass is 35.5. The molecule has 37 heavy (non-hydrogen) atoms. The van der Waals surface area contributed by atoms with Crippen LogP contribution in [0.1, 0.15) is 25.3 Å². The van der Waals surface area contributed by atoms with Crippen molar-refractivity contribution in [3.05, 3.63) is 63.6 Å². The molecule has 0 spiro atoms. The Morgan fingerprint density at radius 2 is 1.73 bits per heavy atom. The minimum absolute atomic E-state index is 0.272. The zero-order valence-corrected chi connectivity index (χ0v) is 21.8. The van der Waals surface area contributed by atoms with Crippen LogP contribution in [0.2, 0.25) is 0 Å². The van der Waals surface area contributed by atoms with E-state index in [4.69, 9.17) is 16.6 Å². The van der Waals surface area contributed by atoms with Crippen LogP contribution in [0.15, 0.2) is 47.5 Å². The molecular weight excluding hydrogens is 487 g/mol. The van der Waals surface area contributed by atoms with E-state index in [0.29, 0.717) is 34.6 Å². The van der Waals surface area contributed by atoms with Crippen LogP contribution in [0.5, 0.6) is 0 Å². The number of halogens is 2. The van der Waals surface area contributed by atoms with E-state index in [0.717, 1.165) is 79.8 Å². The van der Waals surface area contributed by atoms with E-state index in [1.54, 1.807) is 0 Å². The highest BCUT2D eigenvalue weighted by Crippen LogP contribution is 2.29. The fourth-order valence-electron chi connectivity index (χ4n) is 5.82. The van der Waals surface area contributed by atoms with Gasteiger partial charge >= 0.3 is 0 Å². The highest BCUT2D eigenvalue weighted by molar-refractivity contribution is 6.37. The predicted octanol–water partition coefficient (Wildman–Crippen LogP) is 3.14. The Balaban J connectivity index is 1.51. The van der Waals surface area contributed by atoms with Gasteiger partial charge in [-0.15, -0.1) is 0 Å². The standard InChI is InChI=1S/C29H32ClFN6/c1-19(23-8-4-6-20-5-2-3-7-24(20)23)26(30)15-25-27(16-31)34-29(36-13-11-32-12-14-36)35-28(25)37-17-21-9-10-22(18-37)33-21/h2-8,15-16,21-22,32-33H,9-14,17-18H2,1H3/b25-15+,26-19-,27-16-. The van der Waals surface area contributed by atoms with Crippen LogP contribution in [0.3, 0.4) is 0 Å². The lowest BCUT2D eigenvalue weighted by Gasteiger charge is -2.35. The van der Waals surface area contributed by atoms with Crippen molar-refractivity contribution in [1.29, 1.82) is 0 Å². The second-order valence-electron chi connectivity index (χ2n) is 10.2. The lowest BCUT2D eigenvalue weighted by molar-refractivity contribution is 0.462. The molecular formula is C29H32ClFN6. The molecule has 3 aliphatic heterocycles. The van der Waals surface area contributed by atoms with Crippen molar-refractivity contribution in [3.8, 4) is 0 Å². The van der Waals surface area contributed by atoms with Crippen molar-refractivity contribution in [1.82, 2.24) is 20.6 Å².